The van der Waals surface area contributed by atoms with E-state index in [-0.39, 0.29) is 0 Å². The van der Waals surface area contributed by atoms with Gasteiger partial charge < -0.3 is 10.3 Å². The maximum atomic E-state index is 5.88. The Kier molecular flexibility index (Phi) is 2.14. The standard InChI is InChI=1S/C15H20N2/c1-15(2)12(8-16)14(15)11-9-17(3)13-7-5-4-6-10(11)13/h4-7,9,12,14H,8,16H2,1-3H3. The molecule has 3 rings (SSSR count). The van der Waals surface area contributed by atoms with Crippen molar-refractivity contribution < 1.29 is 0 Å². The number of hydrogen-bond donors (Lipinski definition) is 1. The van der Waals surface area contributed by atoms with Gasteiger partial charge in [-0.25, -0.2) is 0 Å². The molecule has 2 atom stereocenters. The molecule has 2 aromatic rings. The molecular weight excluding hydrogens is 208 g/mol. The van der Waals surface area contributed by atoms with Gasteiger partial charge >= 0.3 is 0 Å². The predicted octanol–water partition coefficient (Wildman–Crippen LogP) is 2.88. The van der Waals surface area contributed by atoms with Crippen LogP contribution >= 0.6 is 0 Å². The molecule has 0 radical (unpaired) electrons. The van der Waals surface area contributed by atoms with E-state index in [0.29, 0.717) is 17.3 Å². The van der Waals surface area contributed by atoms with E-state index in [2.05, 4.69) is 55.9 Å². The highest BCUT2D eigenvalue weighted by molar-refractivity contribution is 5.85. The Bertz CT molecular complexity index is 565. The lowest BCUT2D eigenvalue weighted by molar-refractivity contribution is 0.559. The Morgan fingerprint density at radius 2 is 2.00 bits per heavy atom. The summed E-state index contributed by atoms with van der Waals surface area (Å²) >= 11 is 0. The lowest BCUT2D eigenvalue weighted by atomic mass is 10.0. The van der Waals surface area contributed by atoms with E-state index < -0.39 is 0 Å². The highest BCUT2D eigenvalue weighted by atomic mass is 14.9. The zero-order valence-electron chi connectivity index (χ0n) is 10.8. The fourth-order valence-corrected chi connectivity index (χ4v) is 3.42. The summed E-state index contributed by atoms with van der Waals surface area (Å²) in [6.45, 7) is 5.45. The zero-order chi connectivity index (χ0) is 12.2. The van der Waals surface area contributed by atoms with Crippen molar-refractivity contribution in [2.45, 2.75) is 19.8 Å². The molecule has 0 bridgehead atoms. The number of benzene rings is 1. The normalized spacial score (nSPS) is 26.4. The second-order valence-corrected chi connectivity index (χ2v) is 5.85. The first-order chi connectivity index (χ1) is 8.07. The molecule has 2 heteroatoms. The first-order valence-corrected chi connectivity index (χ1v) is 6.31. The fraction of sp³-hybridized carbons (Fsp3) is 0.467. The third-order valence-corrected chi connectivity index (χ3v) is 4.57. The summed E-state index contributed by atoms with van der Waals surface area (Å²) in [7, 11) is 2.12. The predicted molar refractivity (Wildman–Crippen MR) is 72.0 cm³/mol. The monoisotopic (exact) mass is 228 g/mol. The highest BCUT2D eigenvalue weighted by Gasteiger charge is 2.57. The Labute approximate surface area is 102 Å². The van der Waals surface area contributed by atoms with Crippen molar-refractivity contribution in [2.24, 2.45) is 24.1 Å². The van der Waals surface area contributed by atoms with Gasteiger partial charge in [-0.05, 0) is 35.4 Å². The summed E-state index contributed by atoms with van der Waals surface area (Å²) in [6, 6.07) is 8.64. The molecule has 1 aromatic carbocycles. The van der Waals surface area contributed by atoms with Crippen LogP contribution in [0.15, 0.2) is 30.5 Å². The van der Waals surface area contributed by atoms with Crippen LogP contribution in [0.2, 0.25) is 0 Å². The average Bonchev–Trinajstić information content (AvgIpc) is 2.70. The van der Waals surface area contributed by atoms with Crippen LogP contribution in [0.3, 0.4) is 0 Å². The number of nitrogens with zero attached hydrogens (tertiary/aromatic N) is 1. The molecule has 1 saturated carbocycles. The first kappa shape index (κ1) is 10.8. The van der Waals surface area contributed by atoms with Gasteiger partial charge in [-0.1, -0.05) is 32.0 Å². The molecule has 2 N–H and O–H groups in total. The van der Waals surface area contributed by atoms with Gasteiger partial charge in [0.2, 0.25) is 0 Å². The van der Waals surface area contributed by atoms with Crippen LogP contribution in [0.1, 0.15) is 25.3 Å². The summed E-state index contributed by atoms with van der Waals surface area (Å²) < 4.78 is 2.23. The Morgan fingerprint density at radius 3 is 2.65 bits per heavy atom. The van der Waals surface area contributed by atoms with Gasteiger partial charge in [0.15, 0.2) is 0 Å². The lowest BCUT2D eigenvalue weighted by Gasteiger charge is -2.01. The summed E-state index contributed by atoms with van der Waals surface area (Å²) in [5.41, 5.74) is 9.04. The third kappa shape index (κ3) is 1.37. The van der Waals surface area contributed by atoms with E-state index in [1.54, 1.807) is 0 Å². The Hall–Kier alpha value is -1.28. The molecule has 90 valence electrons. The van der Waals surface area contributed by atoms with Gasteiger partial charge in [-0.2, -0.15) is 0 Å². The van der Waals surface area contributed by atoms with E-state index in [1.807, 2.05) is 0 Å². The van der Waals surface area contributed by atoms with Gasteiger partial charge in [0, 0.05) is 24.1 Å². The molecule has 17 heavy (non-hydrogen) atoms. The fourth-order valence-electron chi connectivity index (χ4n) is 3.42. The van der Waals surface area contributed by atoms with Crippen LogP contribution in [0, 0.1) is 11.3 Å². The molecular formula is C15H20N2. The minimum atomic E-state index is 0.360. The first-order valence-electron chi connectivity index (χ1n) is 6.31. The lowest BCUT2D eigenvalue weighted by Crippen LogP contribution is -2.05. The number of rotatable bonds is 2. The van der Waals surface area contributed by atoms with E-state index >= 15 is 0 Å². The Balaban J connectivity index is 2.14. The summed E-state index contributed by atoms with van der Waals surface area (Å²) in [5, 5.41) is 1.39. The number of fused-ring (bicyclic) bond motifs is 1. The minimum Gasteiger partial charge on any atom is -0.350 e. The zero-order valence-corrected chi connectivity index (χ0v) is 10.8. The van der Waals surface area contributed by atoms with Crippen molar-refractivity contribution in [1.82, 2.24) is 4.57 Å². The topological polar surface area (TPSA) is 30.9 Å². The van der Waals surface area contributed by atoms with Crippen LogP contribution in [0.5, 0.6) is 0 Å². The number of nitrogens with two attached hydrogens (primary N) is 1. The van der Waals surface area contributed by atoms with Crippen molar-refractivity contribution in [3.05, 3.63) is 36.0 Å². The highest BCUT2D eigenvalue weighted by Crippen LogP contribution is 2.64. The van der Waals surface area contributed by atoms with Crippen LogP contribution in [-0.2, 0) is 7.05 Å². The second kappa shape index (κ2) is 3.36. The van der Waals surface area contributed by atoms with E-state index in [4.69, 9.17) is 5.73 Å². The SMILES string of the molecule is Cn1cc(C2C(CN)C2(C)C)c2ccccc21. The molecule has 1 aliphatic rings. The molecule has 1 heterocycles. The number of hydrogen-bond acceptors (Lipinski definition) is 1. The Morgan fingerprint density at radius 1 is 1.29 bits per heavy atom. The van der Waals surface area contributed by atoms with E-state index in [0.717, 1.165) is 6.54 Å². The van der Waals surface area contributed by atoms with Crippen LogP contribution in [0.4, 0.5) is 0 Å². The molecule has 1 fully saturated rings. The molecule has 0 spiro atoms. The average molecular weight is 228 g/mol. The summed E-state index contributed by atoms with van der Waals surface area (Å²) in [4.78, 5) is 0. The minimum absolute atomic E-state index is 0.360. The van der Waals surface area contributed by atoms with Crippen molar-refractivity contribution in [1.29, 1.82) is 0 Å². The number of aryl methyl sites for hydroxylation is 1. The van der Waals surface area contributed by atoms with E-state index in [9.17, 15) is 0 Å². The number of para-hydroxylation sites is 1. The van der Waals surface area contributed by atoms with Crippen molar-refractivity contribution in [3.63, 3.8) is 0 Å². The largest absolute Gasteiger partial charge is 0.350 e. The maximum absolute atomic E-state index is 5.88. The van der Waals surface area contributed by atoms with Crippen molar-refractivity contribution in [2.75, 3.05) is 6.54 Å². The smallest absolute Gasteiger partial charge is 0.0480 e. The quantitative estimate of drug-likeness (QED) is 0.842. The van der Waals surface area contributed by atoms with Gasteiger partial charge in [-0.15, -0.1) is 0 Å². The van der Waals surface area contributed by atoms with E-state index in [1.165, 1.54) is 16.5 Å². The second-order valence-electron chi connectivity index (χ2n) is 5.85. The maximum Gasteiger partial charge on any atom is 0.0480 e. The van der Waals surface area contributed by atoms with Gasteiger partial charge in [0.25, 0.3) is 0 Å². The molecule has 1 aromatic heterocycles. The summed E-state index contributed by atoms with van der Waals surface area (Å²) in [6.07, 6.45) is 2.28. The van der Waals surface area contributed by atoms with Crippen LogP contribution in [-0.4, -0.2) is 11.1 Å². The molecule has 0 aliphatic heterocycles. The van der Waals surface area contributed by atoms with Crippen molar-refractivity contribution >= 4 is 10.9 Å². The van der Waals surface area contributed by atoms with Crippen LogP contribution < -0.4 is 5.73 Å². The van der Waals surface area contributed by atoms with Crippen molar-refractivity contribution in [3.8, 4) is 0 Å². The molecule has 1 aliphatic carbocycles. The molecule has 2 nitrogen and oxygen atoms in total. The molecule has 0 saturated heterocycles. The summed E-state index contributed by atoms with van der Waals surface area (Å²) in [5.74, 6) is 1.26. The molecule has 0 amide bonds. The third-order valence-electron chi connectivity index (χ3n) is 4.57. The van der Waals surface area contributed by atoms with Gasteiger partial charge in [-0.3, -0.25) is 0 Å². The molecule has 2 unspecified atom stereocenters. The van der Waals surface area contributed by atoms with Gasteiger partial charge in [0.05, 0.1) is 0 Å². The van der Waals surface area contributed by atoms with Gasteiger partial charge in [0.1, 0.15) is 0 Å². The number of aromatic nitrogens is 1. The van der Waals surface area contributed by atoms with Crippen LogP contribution in [0.25, 0.3) is 10.9 Å².